The number of carbonyl (C=O) groups excluding carboxylic acids is 1. The molecule has 6 heteroatoms. The number of nitrogens with one attached hydrogen (secondary N) is 1. The fourth-order valence-electron chi connectivity index (χ4n) is 4.31. The summed E-state index contributed by atoms with van der Waals surface area (Å²) in [7, 11) is 0. The Morgan fingerprint density at radius 1 is 0.970 bits per heavy atom. The number of aromatic nitrogens is 2. The van der Waals surface area contributed by atoms with Crippen molar-refractivity contribution in [1.82, 2.24) is 10.2 Å². The summed E-state index contributed by atoms with van der Waals surface area (Å²) in [6, 6.07) is 23.3. The lowest BCUT2D eigenvalue weighted by Crippen LogP contribution is -2.19. The predicted octanol–water partition coefficient (Wildman–Crippen LogP) is 5.55. The number of fused-ring (bicyclic) bond motifs is 1. The third-order valence-electron chi connectivity index (χ3n) is 5.91. The van der Waals surface area contributed by atoms with E-state index in [9.17, 15) is 4.79 Å². The number of carbonyl (C=O) groups is 1. The monoisotopic (exact) mass is 438 g/mol. The lowest BCUT2D eigenvalue weighted by atomic mass is 10.0. The van der Waals surface area contributed by atoms with Crippen LogP contribution in [0.5, 0.6) is 5.75 Å². The van der Waals surface area contributed by atoms with E-state index in [0.29, 0.717) is 23.6 Å². The molecule has 33 heavy (non-hydrogen) atoms. The first-order valence-electron chi connectivity index (χ1n) is 11.4. The maximum atomic E-state index is 13.3. The van der Waals surface area contributed by atoms with Crippen LogP contribution in [0.1, 0.15) is 30.1 Å². The van der Waals surface area contributed by atoms with Crippen molar-refractivity contribution in [2.75, 3.05) is 29.9 Å². The summed E-state index contributed by atoms with van der Waals surface area (Å²) in [5.74, 6) is 1.29. The Hall–Kier alpha value is -3.93. The number of ether oxygens (including phenoxy) is 1. The van der Waals surface area contributed by atoms with Crippen LogP contribution in [0.2, 0.25) is 0 Å². The molecule has 4 aromatic rings. The zero-order chi connectivity index (χ0) is 22.6. The van der Waals surface area contributed by atoms with Gasteiger partial charge in [-0.2, -0.15) is 0 Å². The van der Waals surface area contributed by atoms with E-state index in [1.54, 1.807) is 0 Å². The zero-order valence-corrected chi connectivity index (χ0v) is 18.6. The van der Waals surface area contributed by atoms with Crippen molar-refractivity contribution in [3.05, 3.63) is 78.4 Å². The number of rotatable bonds is 6. The molecule has 0 aliphatic carbocycles. The molecular weight excluding hydrogens is 412 g/mol. The van der Waals surface area contributed by atoms with Gasteiger partial charge < -0.3 is 15.0 Å². The van der Waals surface area contributed by atoms with Crippen molar-refractivity contribution in [3.8, 4) is 17.0 Å². The quantitative estimate of drug-likeness (QED) is 0.428. The van der Waals surface area contributed by atoms with Crippen LogP contribution < -0.4 is 15.0 Å². The fraction of sp³-hybridized carbons (Fsp3) is 0.222. The van der Waals surface area contributed by atoms with E-state index in [2.05, 4.69) is 20.4 Å². The highest BCUT2D eigenvalue weighted by molar-refractivity contribution is 6.15. The molecule has 1 aromatic heterocycles. The van der Waals surface area contributed by atoms with Crippen molar-refractivity contribution in [3.63, 3.8) is 0 Å². The Morgan fingerprint density at radius 2 is 1.82 bits per heavy atom. The van der Waals surface area contributed by atoms with Gasteiger partial charge in [-0.15, -0.1) is 10.2 Å². The molecule has 2 heterocycles. The minimum atomic E-state index is -0.206. The first kappa shape index (κ1) is 20.9. The second-order valence-corrected chi connectivity index (χ2v) is 8.10. The molecule has 1 saturated heterocycles. The van der Waals surface area contributed by atoms with Gasteiger partial charge in [-0.05, 0) is 60.9 Å². The average molecular weight is 439 g/mol. The summed E-state index contributed by atoms with van der Waals surface area (Å²) in [5.41, 5.74) is 2.90. The number of amides is 1. The van der Waals surface area contributed by atoms with Crippen molar-refractivity contribution >= 4 is 28.2 Å². The maximum absolute atomic E-state index is 13.3. The van der Waals surface area contributed by atoms with E-state index in [-0.39, 0.29) is 5.91 Å². The van der Waals surface area contributed by atoms with Gasteiger partial charge in [0.25, 0.3) is 5.91 Å². The molecule has 6 nitrogen and oxygen atoms in total. The third-order valence-corrected chi connectivity index (χ3v) is 5.91. The first-order chi connectivity index (χ1) is 16.2. The molecule has 166 valence electrons. The predicted molar refractivity (Wildman–Crippen MR) is 132 cm³/mol. The fourth-order valence-corrected chi connectivity index (χ4v) is 4.31. The Morgan fingerprint density at radius 3 is 2.61 bits per heavy atom. The van der Waals surface area contributed by atoms with Crippen molar-refractivity contribution in [2.24, 2.45) is 0 Å². The van der Waals surface area contributed by atoms with Crippen LogP contribution in [-0.4, -0.2) is 35.8 Å². The van der Waals surface area contributed by atoms with E-state index in [1.165, 1.54) is 12.8 Å². The van der Waals surface area contributed by atoms with Crippen molar-refractivity contribution in [2.45, 2.75) is 19.8 Å². The van der Waals surface area contributed by atoms with Gasteiger partial charge in [0.2, 0.25) is 0 Å². The van der Waals surface area contributed by atoms with E-state index in [4.69, 9.17) is 4.74 Å². The minimum Gasteiger partial charge on any atom is -0.493 e. The molecule has 1 N–H and O–H groups in total. The molecule has 0 spiro atoms. The van der Waals surface area contributed by atoms with Crippen LogP contribution in [0.4, 0.5) is 11.5 Å². The highest BCUT2D eigenvalue weighted by Crippen LogP contribution is 2.30. The molecule has 1 aliphatic heterocycles. The first-order valence-corrected chi connectivity index (χ1v) is 11.4. The van der Waals surface area contributed by atoms with Gasteiger partial charge >= 0.3 is 0 Å². The van der Waals surface area contributed by atoms with Gasteiger partial charge in [-0.3, -0.25) is 4.79 Å². The Kier molecular flexibility index (Phi) is 5.89. The SMILES string of the molecule is CCOc1ccc2ccccc2c1C(=O)Nc1cccc(-c2ccc(N3CCCC3)nn2)c1. The summed E-state index contributed by atoms with van der Waals surface area (Å²) in [4.78, 5) is 15.6. The highest BCUT2D eigenvalue weighted by atomic mass is 16.5. The second kappa shape index (κ2) is 9.28. The summed E-state index contributed by atoms with van der Waals surface area (Å²) >= 11 is 0. The number of nitrogens with zero attached hydrogens (tertiary/aromatic N) is 3. The van der Waals surface area contributed by atoms with Crippen LogP contribution in [0.25, 0.3) is 22.0 Å². The molecule has 0 atom stereocenters. The lowest BCUT2D eigenvalue weighted by Gasteiger charge is -2.15. The topological polar surface area (TPSA) is 67.3 Å². The van der Waals surface area contributed by atoms with Gasteiger partial charge in [-0.25, -0.2) is 0 Å². The number of hydrogen-bond donors (Lipinski definition) is 1. The van der Waals surface area contributed by atoms with Crippen LogP contribution >= 0.6 is 0 Å². The number of benzene rings is 3. The molecule has 0 saturated carbocycles. The van der Waals surface area contributed by atoms with E-state index in [1.807, 2.05) is 79.7 Å². The molecule has 1 aliphatic rings. The smallest absolute Gasteiger partial charge is 0.260 e. The van der Waals surface area contributed by atoms with E-state index < -0.39 is 0 Å². The van der Waals surface area contributed by atoms with Crippen molar-refractivity contribution in [1.29, 1.82) is 0 Å². The van der Waals surface area contributed by atoms with Crippen molar-refractivity contribution < 1.29 is 9.53 Å². The minimum absolute atomic E-state index is 0.206. The average Bonchev–Trinajstić information content (AvgIpc) is 3.39. The normalized spacial score (nSPS) is 13.3. The molecule has 3 aromatic carbocycles. The number of hydrogen-bond acceptors (Lipinski definition) is 5. The second-order valence-electron chi connectivity index (χ2n) is 8.10. The van der Waals surface area contributed by atoms with E-state index >= 15 is 0 Å². The molecule has 0 unspecified atom stereocenters. The largest absolute Gasteiger partial charge is 0.493 e. The van der Waals surface area contributed by atoms with Crippen LogP contribution in [-0.2, 0) is 0 Å². The highest BCUT2D eigenvalue weighted by Gasteiger charge is 2.18. The Balaban J connectivity index is 1.41. The third kappa shape index (κ3) is 4.37. The van der Waals surface area contributed by atoms with Crippen LogP contribution in [0, 0.1) is 0 Å². The van der Waals surface area contributed by atoms with E-state index in [0.717, 1.165) is 40.9 Å². The molecule has 1 amide bonds. The van der Waals surface area contributed by atoms with Gasteiger partial charge in [0.1, 0.15) is 5.75 Å². The molecular formula is C27H26N4O2. The summed E-state index contributed by atoms with van der Waals surface area (Å²) in [6.45, 7) is 4.47. The molecule has 0 radical (unpaired) electrons. The van der Waals surface area contributed by atoms with Gasteiger partial charge in [-0.1, -0.05) is 42.5 Å². The Labute approximate surface area is 193 Å². The summed E-state index contributed by atoms with van der Waals surface area (Å²) < 4.78 is 5.77. The van der Waals surface area contributed by atoms with Gasteiger partial charge in [0.05, 0.1) is 17.9 Å². The van der Waals surface area contributed by atoms with Gasteiger partial charge in [0, 0.05) is 24.3 Å². The van der Waals surface area contributed by atoms with Crippen LogP contribution in [0.15, 0.2) is 72.8 Å². The Bertz CT molecular complexity index is 1280. The zero-order valence-electron chi connectivity index (χ0n) is 18.6. The van der Waals surface area contributed by atoms with Gasteiger partial charge in [0.15, 0.2) is 5.82 Å². The standard InChI is InChI=1S/C27H26N4O2/c1-2-33-24-14-12-19-8-3-4-11-22(19)26(24)27(32)28-21-10-7-9-20(18-21)23-13-15-25(30-29-23)31-16-5-6-17-31/h3-4,7-15,18H,2,5-6,16-17H2,1H3,(H,28,32). The lowest BCUT2D eigenvalue weighted by molar-refractivity contribution is 0.102. The van der Waals surface area contributed by atoms with Crippen LogP contribution in [0.3, 0.4) is 0 Å². The number of anilines is 2. The molecule has 0 bridgehead atoms. The molecule has 5 rings (SSSR count). The summed E-state index contributed by atoms with van der Waals surface area (Å²) in [6.07, 6.45) is 2.40. The maximum Gasteiger partial charge on any atom is 0.260 e. The molecule has 1 fully saturated rings. The summed E-state index contributed by atoms with van der Waals surface area (Å²) in [5, 5.41) is 13.7.